The van der Waals surface area contributed by atoms with Crippen LogP contribution in [0.5, 0.6) is 0 Å². The SMILES string of the molecule is CCS(=O)(=O)N1CCC(c2cc3c(cc2F)C(=O)N(C2CCC(=O)NC2=O)C3)CC1. The zero-order chi connectivity index (χ0) is 21.6. The third kappa shape index (κ3) is 3.62. The Morgan fingerprint density at radius 3 is 2.47 bits per heavy atom. The van der Waals surface area contributed by atoms with Gasteiger partial charge in [0, 0.05) is 31.6 Å². The van der Waals surface area contributed by atoms with Crippen molar-refractivity contribution in [1.29, 1.82) is 0 Å². The van der Waals surface area contributed by atoms with Gasteiger partial charge in [-0.1, -0.05) is 6.07 Å². The molecule has 2 saturated heterocycles. The van der Waals surface area contributed by atoms with E-state index in [2.05, 4.69) is 5.32 Å². The second-order valence-corrected chi connectivity index (χ2v) is 10.3. The van der Waals surface area contributed by atoms with Gasteiger partial charge in [0.1, 0.15) is 11.9 Å². The van der Waals surface area contributed by atoms with Gasteiger partial charge in [-0.15, -0.1) is 0 Å². The molecule has 0 spiro atoms. The van der Waals surface area contributed by atoms with Gasteiger partial charge in [-0.3, -0.25) is 19.7 Å². The Hall–Kier alpha value is -2.33. The van der Waals surface area contributed by atoms with Crippen molar-refractivity contribution in [3.63, 3.8) is 0 Å². The number of nitrogens with zero attached hydrogens (tertiary/aromatic N) is 2. The second-order valence-electron chi connectivity index (χ2n) is 8.00. The molecule has 1 atom stereocenters. The number of hydrogen-bond acceptors (Lipinski definition) is 5. The number of piperidine rings is 2. The molecule has 3 aliphatic rings. The fourth-order valence-corrected chi connectivity index (χ4v) is 5.68. The summed E-state index contributed by atoms with van der Waals surface area (Å²) in [7, 11) is -3.26. The minimum absolute atomic E-state index is 0.0448. The van der Waals surface area contributed by atoms with Crippen molar-refractivity contribution in [2.75, 3.05) is 18.8 Å². The molecule has 8 nitrogen and oxygen atoms in total. The van der Waals surface area contributed by atoms with Gasteiger partial charge in [-0.05, 0) is 49.3 Å². The number of rotatable bonds is 4. The van der Waals surface area contributed by atoms with Crippen molar-refractivity contribution in [2.45, 2.75) is 51.1 Å². The zero-order valence-corrected chi connectivity index (χ0v) is 17.5. The van der Waals surface area contributed by atoms with Crippen molar-refractivity contribution in [2.24, 2.45) is 0 Å². The lowest BCUT2D eigenvalue weighted by Crippen LogP contribution is -2.52. The summed E-state index contributed by atoms with van der Waals surface area (Å²) >= 11 is 0. The Morgan fingerprint density at radius 2 is 1.83 bits per heavy atom. The number of hydrogen-bond donors (Lipinski definition) is 1. The van der Waals surface area contributed by atoms with E-state index in [-0.39, 0.29) is 42.5 Å². The molecule has 0 aliphatic carbocycles. The van der Waals surface area contributed by atoms with Crippen LogP contribution in [0.3, 0.4) is 0 Å². The highest BCUT2D eigenvalue weighted by atomic mass is 32.2. The molecule has 1 aromatic carbocycles. The molecule has 1 unspecified atom stereocenters. The Labute approximate surface area is 174 Å². The fourth-order valence-electron chi connectivity index (χ4n) is 4.55. The summed E-state index contributed by atoms with van der Waals surface area (Å²) < 4.78 is 40.4. The molecule has 3 amide bonds. The molecule has 2 fully saturated rings. The summed E-state index contributed by atoms with van der Waals surface area (Å²) in [5, 5.41) is 2.25. The van der Waals surface area contributed by atoms with Crippen molar-refractivity contribution in [3.8, 4) is 0 Å². The first-order chi connectivity index (χ1) is 14.2. The number of benzene rings is 1. The number of sulfonamides is 1. The number of carbonyl (C=O) groups is 3. The Bertz CT molecular complexity index is 1020. The Kier molecular flexibility index (Phi) is 5.39. The van der Waals surface area contributed by atoms with E-state index in [1.165, 1.54) is 15.3 Å². The summed E-state index contributed by atoms with van der Waals surface area (Å²) in [5.74, 6) is -1.83. The average molecular weight is 437 g/mol. The minimum Gasteiger partial charge on any atom is -0.322 e. The van der Waals surface area contributed by atoms with E-state index in [1.807, 2.05) is 0 Å². The topological polar surface area (TPSA) is 104 Å². The number of nitrogens with one attached hydrogen (secondary N) is 1. The van der Waals surface area contributed by atoms with Crippen LogP contribution in [0.15, 0.2) is 12.1 Å². The number of carbonyl (C=O) groups excluding carboxylic acids is 3. The van der Waals surface area contributed by atoms with Crippen LogP contribution in [-0.2, 0) is 26.2 Å². The molecule has 162 valence electrons. The molecule has 0 bridgehead atoms. The van der Waals surface area contributed by atoms with E-state index in [0.717, 1.165) is 0 Å². The molecule has 30 heavy (non-hydrogen) atoms. The smallest absolute Gasteiger partial charge is 0.255 e. The standard InChI is InChI=1S/C20H24FN3O5S/c1-2-30(28,29)23-7-5-12(6-8-23)14-9-13-11-24(20(27)15(13)10-16(14)21)17-3-4-18(25)22-19(17)26/h9-10,12,17H,2-8,11H2,1H3,(H,22,25,26). The van der Waals surface area contributed by atoms with Gasteiger partial charge in [0.05, 0.1) is 5.75 Å². The third-order valence-corrected chi connectivity index (χ3v) is 8.17. The number of amides is 3. The normalized spacial score (nSPS) is 23.6. The lowest BCUT2D eigenvalue weighted by molar-refractivity contribution is -0.136. The number of imide groups is 1. The van der Waals surface area contributed by atoms with Crippen LogP contribution in [-0.4, -0.2) is 60.2 Å². The van der Waals surface area contributed by atoms with Gasteiger partial charge < -0.3 is 4.90 Å². The van der Waals surface area contributed by atoms with Gasteiger partial charge in [-0.25, -0.2) is 17.1 Å². The Balaban J connectivity index is 1.52. The lowest BCUT2D eigenvalue weighted by Gasteiger charge is -2.31. The predicted octanol–water partition coefficient (Wildman–Crippen LogP) is 1.12. The summed E-state index contributed by atoms with van der Waals surface area (Å²) in [6.45, 7) is 2.49. The first-order valence-corrected chi connectivity index (χ1v) is 11.8. The highest BCUT2D eigenvalue weighted by molar-refractivity contribution is 7.89. The van der Waals surface area contributed by atoms with Crippen molar-refractivity contribution >= 4 is 27.7 Å². The van der Waals surface area contributed by atoms with E-state index in [4.69, 9.17) is 0 Å². The maximum Gasteiger partial charge on any atom is 0.255 e. The van der Waals surface area contributed by atoms with E-state index in [1.54, 1.807) is 13.0 Å². The van der Waals surface area contributed by atoms with Crippen LogP contribution in [0, 0.1) is 5.82 Å². The second kappa shape index (κ2) is 7.73. The first kappa shape index (κ1) is 20.9. The zero-order valence-electron chi connectivity index (χ0n) is 16.7. The highest BCUT2D eigenvalue weighted by Gasteiger charge is 2.40. The molecular weight excluding hydrogens is 413 g/mol. The molecule has 0 saturated carbocycles. The third-order valence-electron chi connectivity index (χ3n) is 6.29. The van der Waals surface area contributed by atoms with Crippen LogP contribution in [0.25, 0.3) is 0 Å². The Morgan fingerprint density at radius 1 is 1.13 bits per heavy atom. The fraction of sp³-hybridized carbons (Fsp3) is 0.550. The van der Waals surface area contributed by atoms with Gasteiger partial charge in [0.2, 0.25) is 21.8 Å². The van der Waals surface area contributed by atoms with Crippen molar-refractivity contribution in [1.82, 2.24) is 14.5 Å². The van der Waals surface area contributed by atoms with Crippen molar-refractivity contribution < 1.29 is 27.2 Å². The van der Waals surface area contributed by atoms with E-state index < -0.39 is 33.7 Å². The highest BCUT2D eigenvalue weighted by Crippen LogP contribution is 2.35. The number of halogens is 1. The molecule has 3 aliphatic heterocycles. The molecule has 1 N–H and O–H groups in total. The first-order valence-electron chi connectivity index (χ1n) is 10.2. The van der Waals surface area contributed by atoms with Crippen LogP contribution in [0.1, 0.15) is 60.0 Å². The molecular formula is C20H24FN3O5S. The van der Waals surface area contributed by atoms with E-state index >= 15 is 0 Å². The minimum atomic E-state index is -3.26. The average Bonchev–Trinajstić information content (AvgIpc) is 3.03. The van der Waals surface area contributed by atoms with Gasteiger partial charge in [0.15, 0.2) is 0 Å². The van der Waals surface area contributed by atoms with Crippen LogP contribution >= 0.6 is 0 Å². The lowest BCUT2D eigenvalue weighted by atomic mass is 9.88. The molecule has 0 aromatic heterocycles. The summed E-state index contributed by atoms with van der Waals surface area (Å²) in [5.41, 5.74) is 1.39. The largest absolute Gasteiger partial charge is 0.322 e. The van der Waals surface area contributed by atoms with Crippen molar-refractivity contribution in [3.05, 3.63) is 34.6 Å². The van der Waals surface area contributed by atoms with Gasteiger partial charge in [-0.2, -0.15) is 0 Å². The monoisotopic (exact) mass is 437 g/mol. The molecule has 4 rings (SSSR count). The van der Waals surface area contributed by atoms with E-state index in [0.29, 0.717) is 37.1 Å². The maximum atomic E-state index is 14.9. The van der Waals surface area contributed by atoms with Crippen LogP contribution in [0.4, 0.5) is 4.39 Å². The quantitative estimate of drug-likeness (QED) is 0.711. The van der Waals surface area contributed by atoms with Crippen LogP contribution in [0.2, 0.25) is 0 Å². The predicted molar refractivity (Wildman–Crippen MR) is 105 cm³/mol. The van der Waals surface area contributed by atoms with Gasteiger partial charge >= 0.3 is 0 Å². The molecule has 1 aromatic rings. The van der Waals surface area contributed by atoms with Crippen LogP contribution < -0.4 is 5.32 Å². The summed E-state index contributed by atoms with van der Waals surface area (Å²) in [6.07, 6.45) is 1.44. The molecule has 3 heterocycles. The number of fused-ring (bicyclic) bond motifs is 1. The summed E-state index contributed by atoms with van der Waals surface area (Å²) in [4.78, 5) is 37.7. The molecule has 10 heteroatoms. The molecule has 0 radical (unpaired) electrons. The maximum absolute atomic E-state index is 14.9. The van der Waals surface area contributed by atoms with Gasteiger partial charge in [0.25, 0.3) is 5.91 Å². The summed E-state index contributed by atoms with van der Waals surface area (Å²) in [6, 6.07) is 2.17. The van der Waals surface area contributed by atoms with E-state index in [9.17, 15) is 27.2 Å².